The molecule has 0 bridgehead atoms. The number of carbonyl (C=O) groups excluding carboxylic acids is 3. The molecule has 3 aromatic carbocycles. The number of hydrogen-bond donors (Lipinski definition) is 3. The molecule has 3 amide bonds. The van der Waals surface area contributed by atoms with Crippen LogP contribution in [0, 0.1) is 17.7 Å². The van der Waals surface area contributed by atoms with Gasteiger partial charge in [-0.25, -0.2) is 4.39 Å². The second-order valence-electron chi connectivity index (χ2n) is 11.6. The highest BCUT2D eigenvalue weighted by Crippen LogP contribution is 2.21. The van der Waals surface area contributed by atoms with Gasteiger partial charge in [-0.3, -0.25) is 14.4 Å². The standard InChI is InChI=1S/C34H43FN4O3/c1-24(2)23-36-17-5-6-18-37-33(41)31(22-25-9-10-26-7-3-4-8-29(26)21-25)38-32(40)27-15-19-39(20-16-27)34(42)28-11-13-30(35)14-12-28/h3-4,7-14,21,24,27,31,36H,5-6,15-20,22-23H2,1-2H3,(H,37,41)(H,38,40). The molecular formula is C34H43FN4O3. The van der Waals surface area contributed by atoms with E-state index in [2.05, 4.69) is 35.9 Å². The Morgan fingerprint density at radius 2 is 1.60 bits per heavy atom. The molecule has 224 valence electrons. The summed E-state index contributed by atoms with van der Waals surface area (Å²) in [5, 5.41) is 11.7. The molecule has 42 heavy (non-hydrogen) atoms. The first-order valence-electron chi connectivity index (χ1n) is 15.1. The van der Waals surface area contributed by atoms with Crippen LogP contribution in [0.1, 0.15) is 55.5 Å². The van der Waals surface area contributed by atoms with Crippen molar-refractivity contribution in [1.29, 1.82) is 0 Å². The number of carbonyl (C=O) groups is 3. The Bertz CT molecular complexity index is 1340. The van der Waals surface area contributed by atoms with Crippen molar-refractivity contribution in [2.45, 2.75) is 52.0 Å². The van der Waals surface area contributed by atoms with Crippen LogP contribution in [0.2, 0.25) is 0 Å². The second kappa shape index (κ2) is 15.4. The van der Waals surface area contributed by atoms with Crippen LogP contribution in [0.25, 0.3) is 10.8 Å². The maximum Gasteiger partial charge on any atom is 0.253 e. The molecule has 0 radical (unpaired) electrons. The largest absolute Gasteiger partial charge is 0.354 e. The zero-order valence-corrected chi connectivity index (χ0v) is 24.7. The van der Waals surface area contributed by atoms with Gasteiger partial charge in [-0.1, -0.05) is 56.3 Å². The fourth-order valence-electron chi connectivity index (χ4n) is 5.32. The molecule has 1 fully saturated rings. The van der Waals surface area contributed by atoms with Crippen LogP contribution in [0.3, 0.4) is 0 Å². The van der Waals surface area contributed by atoms with Gasteiger partial charge in [0, 0.05) is 37.5 Å². The Morgan fingerprint density at radius 3 is 2.31 bits per heavy atom. The van der Waals surface area contributed by atoms with Crippen molar-refractivity contribution < 1.29 is 18.8 Å². The molecule has 1 atom stereocenters. The van der Waals surface area contributed by atoms with Gasteiger partial charge < -0.3 is 20.9 Å². The summed E-state index contributed by atoms with van der Waals surface area (Å²) < 4.78 is 13.3. The SMILES string of the molecule is CC(C)CNCCCCNC(=O)C(Cc1ccc2ccccc2c1)NC(=O)C1CCN(C(=O)c2ccc(F)cc2)CC1. The lowest BCUT2D eigenvalue weighted by Crippen LogP contribution is -2.51. The lowest BCUT2D eigenvalue weighted by Gasteiger charge is -2.32. The van der Waals surface area contributed by atoms with Crippen molar-refractivity contribution in [3.05, 3.63) is 83.7 Å². The van der Waals surface area contributed by atoms with Crippen molar-refractivity contribution in [2.75, 3.05) is 32.7 Å². The summed E-state index contributed by atoms with van der Waals surface area (Å²) in [4.78, 5) is 41.2. The van der Waals surface area contributed by atoms with Crippen LogP contribution in [0.4, 0.5) is 4.39 Å². The van der Waals surface area contributed by atoms with E-state index in [0.29, 0.717) is 50.4 Å². The van der Waals surface area contributed by atoms with Crippen LogP contribution in [0.5, 0.6) is 0 Å². The van der Waals surface area contributed by atoms with E-state index >= 15 is 0 Å². The minimum atomic E-state index is -0.698. The molecule has 8 heteroatoms. The molecular weight excluding hydrogens is 531 g/mol. The van der Waals surface area contributed by atoms with Crippen LogP contribution in [0.15, 0.2) is 66.7 Å². The maximum absolute atomic E-state index is 13.4. The number of hydrogen-bond acceptors (Lipinski definition) is 4. The predicted molar refractivity (Wildman–Crippen MR) is 165 cm³/mol. The maximum atomic E-state index is 13.4. The molecule has 0 saturated carbocycles. The summed E-state index contributed by atoms with van der Waals surface area (Å²) in [5.74, 6) is -0.587. The predicted octanol–water partition coefficient (Wildman–Crippen LogP) is 4.70. The van der Waals surface area contributed by atoms with E-state index in [1.165, 1.54) is 24.3 Å². The van der Waals surface area contributed by atoms with Gasteiger partial charge >= 0.3 is 0 Å². The van der Waals surface area contributed by atoms with E-state index < -0.39 is 6.04 Å². The lowest BCUT2D eigenvalue weighted by molar-refractivity contribution is -0.132. The summed E-state index contributed by atoms with van der Waals surface area (Å²) in [6.45, 7) is 7.65. The van der Waals surface area contributed by atoms with Crippen molar-refractivity contribution in [2.24, 2.45) is 11.8 Å². The van der Waals surface area contributed by atoms with Gasteiger partial charge in [0.05, 0.1) is 0 Å². The monoisotopic (exact) mass is 574 g/mol. The topological polar surface area (TPSA) is 90.5 Å². The fraction of sp³-hybridized carbons (Fsp3) is 0.441. The molecule has 1 unspecified atom stereocenters. The molecule has 1 aliphatic rings. The average molecular weight is 575 g/mol. The zero-order chi connectivity index (χ0) is 29.9. The Morgan fingerprint density at radius 1 is 0.905 bits per heavy atom. The van der Waals surface area contributed by atoms with Gasteiger partial charge in [0.25, 0.3) is 5.91 Å². The number of rotatable bonds is 13. The first-order valence-corrected chi connectivity index (χ1v) is 15.1. The van der Waals surface area contributed by atoms with Gasteiger partial charge in [0.1, 0.15) is 11.9 Å². The van der Waals surface area contributed by atoms with Crippen LogP contribution in [-0.4, -0.2) is 61.4 Å². The number of nitrogens with one attached hydrogen (secondary N) is 3. The van der Waals surface area contributed by atoms with Gasteiger partial charge in [-0.2, -0.15) is 0 Å². The summed E-state index contributed by atoms with van der Waals surface area (Å²) in [7, 11) is 0. The van der Waals surface area contributed by atoms with E-state index in [4.69, 9.17) is 0 Å². The number of nitrogens with zero attached hydrogens (tertiary/aromatic N) is 1. The van der Waals surface area contributed by atoms with Gasteiger partial charge in [-0.15, -0.1) is 0 Å². The van der Waals surface area contributed by atoms with Crippen LogP contribution < -0.4 is 16.0 Å². The summed E-state index contributed by atoms with van der Waals surface area (Å²) >= 11 is 0. The zero-order valence-electron chi connectivity index (χ0n) is 24.7. The molecule has 1 aliphatic heterocycles. The molecule has 1 heterocycles. The smallest absolute Gasteiger partial charge is 0.253 e. The number of fused-ring (bicyclic) bond motifs is 1. The number of piperidine rings is 1. The number of unbranched alkanes of at least 4 members (excludes halogenated alkanes) is 1. The Labute approximate surface area is 248 Å². The molecule has 4 rings (SSSR count). The fourth-order valence-corrected chi connectivity index (χ4v) is 5.32. The minimum absolute atomic E-state index is 0.164. The van der Waals surface area contributed by atoms with Crippen molar-refractivity contribution in [3.8, 4) is 0 Å². The highest BCUT2D eigenvalue weighted by atomic mass is 19.1. The second-order valence-corrected chi connectivity index (χ2v) is 11.6. The van der Waals surface area contributed by atoms with Crippen molar-refractivity contribution in [1.82, 2.24) is 20.9 Å². The number of halogens is 1. The van der Waals surface area contributed by atoms with E-state index in [9.17, 15) is 18.8 Å². The third-order valence-corrected chi connectivity index (χ3v) is 7.76. The Balaban J connectivity index is 1.34. The van der Waals surface area contributed by atoms with Crippen LogP contribution >= 0.6 is 0 Å². The molecule has 0 spiro atoms. The number of benzene rings is 3. The first kappa shape index (κ1) is 31.2. The number of likely N-dealkylation sites (tertiary alicyclic amines) is 1. The van der Waals surface area contributed by atoms with E-state index in [1.54, 1.807) is 4.90 Å². The quantitative estimate of drug-likeness (QED) is 0.258. The third-order valence-electron chi connectivity index (χ3n) is 7.76. The molecule has 0 aliphatic carbocycles. The van der Waals surface area contributed by atoms with E-state index in [-0.39, 0.29) is 29.5 Å². The van der Waals surface area contributed by atoms with Gasteiger partial charge in [-0.05, 0) is 85.3 Å². The summed E-state index contributed by atoms with van der Waals surface area (Å²) in [6.07, 6.45) is 3.22. The summed E-state index contributed by atoms with van der Waals surface area (Å²) in [6, 6.07) is 19.0. The number of amides is 3. The van der Waals surface area contributed by atoms with Crippen molar-refractivity contribution in [3.63, 3.8) is 0 Å². The molecule has 7 nitrogen and oxygen atoms in total. The normalized spacial score (nSPS) is 14.6. The van der Waals surface area contributed by atoms with E-state index in [1.807, 2.05) is 36.4 Å². The Hall–Kier alpha value is -3.78. The minimum Gasteiger partial charge on any atom is -0.354 e. The van der Waals surface area contributed by atoms with Crippen molar-refractivity contribution >= 4 is 28.5 Å². The molecule has 1 saturated heterocycles. The molecule has 3 N–H and O–H groups in total. The van der Waals surface area contributed by atoms with Gasteiger partial charge in [0.2, 0.25) is 11.8 Å². The third kappa shape index (κ3) is 9.11. The molecule has 3 aromatic rings. The Kier molecular flexibility index (Phi) is 11.5. The lowest BCUT2D eigenvalue weighted by atomic mass is 9.94. The average Bonchev–Trinajstić information content (AvgIpc) is 3.00. The first-order chi connectivity index (χ1) is 20.3. The summed E-state index contributed by atoms with van der Waals surface area (Å²) in [5.41, 5.74) is 1.41. The highest BCUT2D eigenvalue weighted by Gasteiger charge is 2.30. The van der Waals surface area contributed by atoms with E-state index in [0.717, 1.165) is 42.3 Å². The molecule has 0 aromatic heterocycles. The van der Waals surface area contributed by atoms with Gasteiger partial charge in [0.15, 0.2) is 0 Å². The highest BCUT2D eigenvalue weighted by molar-refractivity contribution is 5.94. The van der Waals surface area contributed by atoms with Crippen LogP contribution in [-0.2, 0) is 16.0 Å².